The molecule has 0 spiro atoms. The second-order valence-corrected chi connectivity index (χ2v) is 13.0. The number of esters is 1. The minimum atomic E-state index is -1.03. The Morgan fingerprint density at radius 2 is 1.58 bits per heavy atom. The van der Waals surface area contributed by atoms with Gasteiger partial charge in [0.1, 0.15) is 5.75 Å². The zero-order chi connectivity index (χ0) is 32.1. The van der Waals surface area contributed by atoms with Gasteiger partial charge >= 0.3 is 17.9 Å². The molecule has 0 aromatic heterocycles. The molecule has 8 nitrogen and oxygen atoms in total. The monoisotopic (exact) mass is 613 g/mol. The van der Waals surface area contributed by atoms with Crippen molar-refractivity contribution in [2.75, 3.05) is 11.9 Å². The number of ether oxygens (including phenoxy) is 1. The lowest BCUT2D eigenvalue weighted by Gasteiger charge is -2.46. The summed E-state index contributed by atoms with van der Waals surface area (Å²) in [6.45, 7) is 4.38. The minimum absolute atomic E-state index is 0.0730. The molecule has 8 heteroatoms. The van der Waals surface area contributed by atoms with Crippen molar-refractivity contribution in [3.63, 3.8) is 0 Å². The molecule has 4 atom stereocenters. The summed E-state index contributed by atoms with van der Waals surface area (Å²) in [7, 11) is 0. The fourth-order valence-electron chi connectivity index (χ4n) is 7.40. The van der Waals surface area contributed by atoms with E-state index in [0.717, 1.165) is 29.8 Å². The zero-order valence-corrected chi connectivity index (χ0v) is 25.9. The predicted molar refractivity (Wildman–Crippen MR) is 172 cm³/mol. The molecule has 0 radical (unpaired) electrons. The van der Waals surface area contributed by atoms with Gasteiger partial charge in [-0.15, -0.1) is 0 Å². The number of hydrogen-bond donors (Lipinski definition) is 4. The Hall–Kier alpha value is -4.33. The van der Waals surface area contributed by atoms with Crippen molar-refractivity contribution in [2.24, 2.45) is 35.0 Å². The summed E-state index contributed by atoms with van der Waals surface area (Å²) in [4.78, 5) is 37.1. The van der Waals surface area contributed by atoms with E-state index in [-0.39, 0.29) is 41.9 Å². The predicted octanol–water partition coefficient (Wildman–Crippen LogP) is 7.75. The van der Waals surface area contributed by atoms with E-state index in [0.29, 0.717) is 37.7 Å². The number of anilines is 2. The van der Waals surface area contributed by atoms with Crippen LogP contribution >= 0.6 is 0 Å². The lowest BCUT2D eigenvalue weighted by atomic mass is 9.56. The second-order valence-electron chi connectivity index (χ2n) is 13.0. The lowest BCUT2D eigenvalue weighted by molar-refractivity contribution is -0.152. The fourth-order valence-corrected chi connectivity index (χ4v) is 7.40. The molecule has 238 valence electrons. The molecule has 0 aliphatic heterocycles. The highest BCUT2D eigenvalue weighted by molar-refractivity contribution is 5.90. The van der Waals surface area contributed by atoms with Crippen LogP contribution in [-0.4, -0.2) is 39.8 Å². The number of carboxylic acid groups (broad SMARTS) is 2. The number of allylic oxidation sites excluding steroid dienone is 5. The van der Waals surface area contributed by atoms with Gasteiger partial charge in [0.15, 0.2) is 0 Å². The van der Waals surface area contributed by atoms with Gasteiger partial charge in [-0.2, -0.15) is 0 Å². The van der Waals surface area contributed by atoms with Gasteiger partial charge in [0.2, 0.25) is 0 Å². The van der Waals surface area contributed by atoms with Crippen LogP contribution in [0.15, 0.2) is 84.0 Å². The van der Waals surface area contributed by atoms with E-state index in [1.165, 1.54) is 5.57 Å². The molecule has 3 aliphatic carbocycles. The molecular formula is C37H43NO7. The molecule has 2 aromatic carbocycles. The molecular weight excluding hydrogens is 570 g/mol. The summed E-state index contributed by atoms with van der Waals surface area (Å²) in [5, 5.41) is 32.6. The number of phenols is 1. The molecule has 3 aliphatic rings. The van der Waals surface area contributed by atoms with E-state index >= 15 is 0 Å². The first-order valence-electron chi connectivity index (χ1n) is 15.9. The number of carboxylic acids is 2. The van der Waals surface area contributed by atoms with Crippen LogP contribution < -0.4 is 5.32 Å². The van der Waals surface area contributed by atoms with Gasteiger partial charge in [0.05, 0.1) is 23.5 Å². The van der Waals surface area contributed by atoms with Crippen molar-refractivity contribution in [1.29, 1.82) is 0 Å². The Morgan fingerprint density at radius 3 is 2.20 bits per heavy atom. The first-order chi connectivity index (χ1) is 21.5. The summed E-state index contributed by atoms with van der Waals surface area (Å²) in [6, 6.07) is 13.7. The lowest BCUT2D eigenvalue weighted by Crippen LogP contribution is -2.47. The molecule has 0 heterocycles. The molecule has 0 bridgehead atoms. The van der Waals surface area contributed by atoms with E-state index < -0.39 is 23.3 Å². The van der Waals surface area contributed by atoms with Crippen LogP contribution in [0, 0.1) is 35.0 Å². The van der Waals surface area contributed by atoms with E-state index in [1.807, 2.05) is 12.2 Å². The van der Waals surface area contributed by atoms with Gasteiger partial charge in [0, 0.05) is 17.3 Å². The van der Waals surface area contributed by atoms with Crippen LogP contribution in [-0.2, 0) is 14.3 Å². The third-order valence-corrected chi connectivity index (χ3v) is 10.0. The topological polar surface area (TPSA) is 133 Å². The van der Waals surface area contributed by atoms with Crippen molar-refractivity contribution in [3.8, 4) is 5.75 Å². The molecule has 45 heavy (non-hydrogen) atoms. The van der Waals surface area contributed by atoms with Crippen LogP contribution in [0.3, 0.4) is 0 Å². The highest BCUT2D eigenvalue weighted by Crippen LogP contribution is 2.53. The Labute approximate surface area is 264 Å². The molecule has 1 fully saturated rings. The van der Waals surface area contributed by atoms with Gasteiger partial charge in [0.25, 0.3) is 0 Å². The smallest absolute Gasteiger partial charge is 0.338 e. The van der Waals surface area contributed by atoms with Crippen molar-refractivity contribution in [2.45, 2.75) is 58.8 Å². The average Bonchev–Trinajstić information content (AvgIpc) is 3.02. The minimum Gasteiger partial charge on any atom is -0.508 e. The summed E-state index contributed by atoms with van der Waals surface area (Å²) < 4.78 is 5.60. The Morgan fingerprint density at radius 1 is 0.956 bits per heavy atom. The number of benzene rings is 2. The molecule has 1 saturated carbocycles. The Bertz CT molecular complexity index is 1480. The third kappa shape index (κ3) is 7.32. The normalized spacial score (nSPS) is 28.0. The van der Waals surface area contributed by atoms with Gasteiger partial charge in [-0.05, 0) is 125 Å². The Kier molecular flexibility index (Phi) is 9.80. The maximum atomic E-state index is 13.0. The summed E-state index contributed by atoms with van der Waals surface area (Å²) in [5.74, 6) is -1.99. The fraction of sp³-hybridized carbons (Fsp3) is 0.432. The quantitative estimate of drug-likeness (QED) is 0.121. The van der Waals surface area contributed by atoms with Crippen LogP contribution in [0.5, 0.6) is 5.75 Å². The number of aliphatic carboxylic acids is 2. The van der Waals surface area contributed by atoms with Crippen molar-refractivity contribution in [1.82, 2.24) is 0 Å². The van der Waals surface area contributed by atoms with E-state index in [2.05, 4.69) is 31.3 Å². The number of phenolic OH excluding ortho intramolecular Hbond substituents is 1. The van der Waals surface area contributed by atoms with Gasteiger partial charge in [-0.25, -0.2) is 4.79 Å². The average molecular weight is 614 g/mol. The third-order valence-electron chi connectivity index (χ3n) is 10.0. The van der Waals surface area contributed by atoms with Crippen LogP contribution in [0.1, 0.15) is 69.2 Å². The SMILES string of the molecule is CC1=C[C@H](/C=C(\C)C2CCC(C(=O)O)CC2)[C@@]2(C(=O)O)C=C[C@H](CCOC(=O)c3ccc(Nc4ccc(O)cc4)cc3)C[C@H]2C1. The van der Waals surface area contributed by atoms with Gasteiger partial charge in [-0.1, -0.05) is 35.5 Å². The van der Waals surface area contributed by atoms with Crippen molar-refractivity contribution < 1.29 is 34.4 Å². The van der Waals surface area contributed by atoms with Gasteiger partial charge in [-0.3, -0.25) is 9.59 Å². The standard InChI is InChI=1S/C37H43NO7/c1-23-19-29(21-24(2)26-3-5-27(6-4-26)34(40)41)37(36(43)44)17-15-25(22-30(37)20-23)16-18-45-35(42)28-7-9-31(10-8-28)38-32-11-13-33(39)14-12-32/h7-15,17,19,21,25-27,29-30,38-39H,3-6,16,18,20,22H2,1-2H3,(H,40,41)(H,43,44)/b24-21+/t25-,26?,27?,29-,30-,37+/m1/s1. The molecule has 4 N–H and O–H groups in total. The highest BCUT2D eigenvalue weighted by Gasteiger charge is 2.52. The van der Waals surface area contributed by atoms with Crippen molar-refractivity contribution in [3.05, 3.63) is 89.5 Å². The first kappa shape index (κ1) is 32.1. The molecule has 5 rings (SSSR count). The number of aromatic hydroxyl groups is 1. The van der Waals surface area contributed by atoms with Crippen LogP contribution in [0.4, 0.5) is 11.4 Å². The molecule has 0 unspecified atom stereocenters. The largest absolute Gasteiger partial charge is 0.508 e. The van der Waals surface area contributed by atoms with Crippen LogP contribution in [0.2, 0.25) is 0 Å². The maximum Gasteiger partial charge on any atom is 0.338 e. The number of hydrogen-bond acceptors (Lipinski definition) is 6. The van der Waals surface area contributed by atoms with E-state index in [4.69, 9.17) is 4.74 Å². The number of rotatable bonds is 10. The highest BCUT2D eigenvalue weighted by atomic mass is 16.5. The summed E-state index contributed by atoms with van der Waals surface area (Å²) >= 11 is 0. The zero-order valence-electron chi connectivity index (χ0n) is 25.9. The number of fused-ring (bicyclic) bond motifs is 1. The number of carbonyl (C=O) groups is 3. The van der Waals surface area contributed by atoms with E-state index in [1.54, 1.807) is 48.5 Å². The number of carbonyl (C=O) groups excluding carboxylic acids is 1. The van der Waals surface area contributed by atoms with Crippen LogP contribution in [0.25, 0.3) is 0 Å². The summed E-state index contributed by atoms with van der Waals surface area (Å²) in [5.41, 5.74) is 3.38. The molecule has 0 saturated heterocycles. The molecule has 0 amide bonds. The van der Waals surface area contributed by atoms with E-state index in [9.17, 15) is 29.7 Å². The van der Waals surface area contributed by atoms with Gasteiger partial charge < -0.3 is 25.4 Å². The van der Waals surface area contributed by atoms with Crippen molar-refractivity contribution >= 4 is 29.3 Å². The maximum absolute atomic E-state index is 13.0. The molecule has 2 aromatic rings. The Balaban J connectivity index is 1.19. The first-order valence-corrected chi connectivity index (χ1v) is 15.9. The number of nitrogens with one attached hydrogen (secondary N) is 1. The summed E-state index contributed by atoms with van der Waals surface area (Å²) in [6.07, 6.45) is 13.1. The second kappa shape index (κ2) is 13.8.